The van der Waals surface area contributed by atoms with Gasteiger partial charge in [0.25, 0.3) is 0 Å². The predicted octanol–water partition coefficient (Wildman–Crippen LogP) is 1.56. The molecule has 1 rings (SSSR count). The van der Waals surface area contributed by atoms with E-state index in [4.69, 9.17) is 11.6 Å². The van der Waals surface area contributed by atoms with Gasteiger partial charge in [-0.25, -0.2) is 14.6 Å². The molecule has 0 aliphatic carbocycles. The lowest BCUT2D eigenvalue weighted by atomic mass is 10.3. The molecule has 1 heterocycles. The molecule has 0 spiro atoms. The minimum atomic E-state index is -0.576. The third-order valence-corrected chi connectivity index (χ3v) is 3.20. The first-order valence-electron chi connectivity index (χ1n) is 4.58. The lowest BCUT2D eigenvalue weighted by molar-refractivity contribution is -0.141. The van der Waals surface area contributed by atoms with Gasteiger partial charge in [0, 0.05) is 0 Å². The van der Waals surface area contributed by atoms with Crippen molar-refractivity contribution in [3.8, 4) is 0 Å². The standard InChI is InChI=1S/C9H11ClN2O4S/c1-4(7(13)15-2)11-9-12-6(10)5(17-9)8(14)16-3/h4H,1-3H3,(H,11,12). The summed E-state index contributed by atoms with van der Waals surface area (Å²) in [6, 6.07) is -0.576. The average molecular weight is 279 g/mol. The van der Waals surface area contributed by atoms with Crippen LogP contribution in [-0.4, -0.2) is 37.2 Å². The fourth-order valence-corrected chi connectivity index (χ4v) is 2.19. The van der Waals surface area contributed by atoms with E-state index >= 15 is 0 Å². The second kappa shape index (κ2) is 5.83. The summed E-state index contributed by atoms with van der Waals surface area (Å²) in [5, 5.41) is 3.17. The van der Waals surface area contributed by atoms with E-state index in [0.717, 1.165) is 11.3 Å². The normalized spacial score (nSPS) is 11.8. The van der Waals surface area contributed by atoms with Crippen molar-refractivity contribution in [2.75, 3.05) is 19.5 Å². The smallest absolute Gasteiger partial charge is 0.351 e. The minimum absolute atomic E-state index is 0.0430. The number of hydrogen-bond acceptors (Lipinski definition) is 7. The van der Waals surface area contributed by atoms with Gasteiger partial charge in [-0.2, -0.15) is 0 Å². The highest BCUT2D eigenvalue weighted by Gasteiger charge is 2.20. The maximum atomic E-state index is 11.3. The number of esters is 2. The Bertz CT molecular complexity index is 435. The first kappa shape index (κ1) is 13.7. The molecule has 0 radical (unpaired) electrons. The number of carbonyl (C=O) groups excluding carboxylic acids is 2. The zero-order valence-corrected chi connectivity index (χ0v) is 11.0. The highest BCUT2D eigenvalue weighted by Crippen LogP contribution is 2.27. The Hall–Kier alpha value is -1.34. The van der Waals surface area contributed by atoms with Gasteiger partial charge < -0.3 is 14.8 Å². The maximum absolute atomic E-state index is 11.3. The molecule has 0 fully saturated rings. The fourth-order valence-electron chi connectivity index (χ4n) is 1.00. The molecule has 0 aliphatic rings. The molecule has 0 bridgehead atoms. The SMILES string of the molecule is COC(=O)c1sc(NC(C)C(=O)OC)nc1Cl. The molecular weight excluding hydrogens is 268 g/mol. The number of aromatic nitrogens is 1. The number of anilines is 1. The number of nitrogens with one attached hydrogen (secondary N) is 1. The van der Waals surface area contributed by atoms with Gasteiger partial charge in [-0.15, -0.1) is 0 Å². The van der Waals surface area contributed by atoms with Gasteiger partial charge in [0.1, 0.15) is 6.04 Å². The van der Waals surface area contributed by atoms with Crippen molar-refractivity contribution in [2.24, 2.45) is 0 Å². The van der Waals surface area contributed by atoms with E-state index in [9.17, 15) is 9.59 Å². The zero-order valence-electron chi connectivity index (χ0n) is 9.44. The second-order valence-corrected chi connectivity index (χ2v) is 4.38. The first-order valence-corrected chi connectivity index (χ1v) is 5.78. The van der Waals surface area contributed by atoms with Crippen molar-refractivity contribution < 1.29 is 19.1 Å². The summed E-state index contributed by atoms with van der Waals surface area (Å²) >= 11 is 6.77. The van der Waals surface area contributed by atoms with E-state index in [1.807, 2.05) is 0 Å². The van der Waals surface area contributed by atoms with Crippen LogP contribution in [0.1, 0.15) is 16.6 Å². The molecule has 1 N–H and O–H groups in total. The zero-order chi connectivity index (χ0) is 13.0. The number of rotatable bonds is 4. The Labute approximate surface area is 107 Å². The molecule has 0 saturated heterocycles. The van der Waals surface area contributed by atoms with Gasteiger partial charge in [-0.1, -0.05) is 22.9 Å². The van der Waals surface area contributed by atoms with E-state index in [1.54, 1.807) is 6.92 Å². The quantitative estimate of drug-likeness (QED) is 0.842. The summed E-state index contributed by atoms with van der Waals surface area (Å²) in [4.78, 5) is 26.5. The van der Waals surface area contributed by atoms with Crippen molar-refractivity contribution in [1.29, 1.82) is 0 Å². The van der Waals surface area contributed by atoms with Crippen LogP contribution in [0.25, 0.3) is 0 Å². The average Bonchev–Trinajstić information content (AvgIpc) is 2.67. The highest BCUT2D eigenvalue weighted by molar-refractivity contribution is 7.18. The van der Waals surface area contributed by atoms with E-state index < -0.39 is 18.0 Å². The van der Waals surface area contributed by atoms with Crippen molar-refractivity contribution >= 4 is 40.0 Å². The van der Waals surface area contributed by atoms with Crippen molar-refractivity contribution in [2.45, 2.75) is 13.0 Å². The molecular formula is C9H11ClN2O4S. The van der Waals surface area contributed by atoms with Crippen molar-refractivity contribution in [1.82, 2.24) is 4.98 Å². The van der Waals surface area contributed by atoms with Crippen molar-refractivity contribution in [3.63, 3.8) is 0 Å². The van der Waals surface area contributed by atoms with E-state index in [0.29, 0.717) is 5.13 Å². The lowest BCUT2D eigenvalue weighted by Gasteiger charge is -2.09. The molecule has 1 atom stereocenters. The number of ether oxygens (including phenoxy) is 2. The summed E-state index contributed by atoms with van der Waals surface area (Å²) in [7, 11) is 2.54. The summed E-state index contributed by atoms with van der Waals surface area (Å²) in [6.45, 7) is 1.61. The first-order chi connectivity index (χ1) is 7.99. The molecule has 6 nitrogen and oxygen atoms in total. The Morgan fingerprint density at radius 3 is 2.59 bits per heavy atom. The van der Waals surface area contributed by atoms with Crippen LogP contribution in [0.2, 0.25) is 5.15 Å². The molecule has 0 aromatic carbocycles. The maximum Gasteiger partial charge on any atom is 0.351 e. The lowest BCUT2D eigenvalue weighted by Crippen LogP contribution is -2.26. The van der Waals surface area contributed by atoms with E-state index in [1.165, 1.54) is 14.2 Å². The van der Waals surface area contributed by atoms with Crippen LogP contribution in [0.3, 0.4) is 0 Å². The van der Waals surface area contributed by atoms with Crippen LogP contribution in [0.5, 0.6) is 0 Å². The summed E-state index contributed by atoms with van der Waals surface area (Å²) in [5.41, 5.74) is 0. The topological polar surface area (TPSA) is 77.5 Å². The number of carbonyl (C=O) groups is 2. The van der Waals surface area contributed by atoms with Crippen LogP contribution in [-0.2, 0) is 14.3 Å². The number of halogens is 1. The number of hydrogen-bond donors (Lipinski definition) is 1. The van der Waals surface area contributed by atoms with Gasteiger partial charge in [0.2, 0.25) is 0 Å². The molecule has 0 amide bonds. The second-order valence-electron chi connectivity index (χ2n) is 3.02. The van der Waals surface area contributed by atoms with Crippen molar-refractivity contribution in [3.05, 3.63) is 10.0 Å². The van der Waals surface area contributed by atoms with Gasteiger partial charge in [-0.3, -0.25) is 0 Å². The molecule has 8 heteroatoms. The monoisotopic (exact) mass is 278 g/mol. The van der Waals surface area contributed by atoms with Gasteiger partial charge >= 0.3 is 11.9 Å². The molecule has 1 aromatic heterocycles. The van der Waals surface area contributed by atoms with E-state index in [2.05, 4.69) is 19.8 Å². The third-order valence-electron chi connectivity index (χ3n) is 1.85. The minimum Gasteiger partial charge on any atom is -0.467 e. The number of nitrogens with zero attached hydrogens (tertiary/aromatic N) is 1. The number of methoxy groups -OCH3 is 2. The Balaban J connectivity index is 2.80. The van der Waals surface area contributed by atoms with Crippen LogP contribution < -0.4 is 5.32 Å². The van der Waals surface area contributed by atoms with Crippen LogP contribution >= 0.6 is 22.9 Å². The van der Waals surface area contributed by atoms with E-state index in [-0.39, 0.29) is 10.0 Å². The number of thiazole rings is 1. The summed E-state index contributed by atoms with van der Waals surface area (Å²) < 4.78 is 9.07. The third kappa shape index (κ3) is 3.31. The molecule has 0 aliphatic heterocycles. The van der Waals surface area contributed by atoms with Gasteiger partial charge in [-0.05, 0) is 6.92 Å². The Morgan fingerprint density at radius 2 is 2.06 bits per heavy atom. The van der Waals surface area contributed by atoms with Crippen LogP contribution in [0, 0.1) is 0 Å². The van der Waals surface area contributed by atoms with Crippen LogP contribution in [0.4, 0.5) is 5.13 Å². The Kier molecular flexibility index (Phi) is 4.71. The summed E-state index contributed by atoms with van der Waals surface area (Å²) in [5.74, 6) is -0.998. The largest absolute Gasteiger partial charge is 0.467 e. The molecule has 17 heavy (non-hydrogen) atoms. The highest BCUT2D eigenvalue weighted by atomic mass is 35.5. The van der Waals surface area contributed by atoms with Crippen LogP contribution in [0.15, 0.2) is 0 Å². The molecule has 94 valence electrons. The molecule has 1 aromatic rings. The predicted molar refractivity (Wildman–Crippen MR) is 63.6 cm³/mol. The van der Waals surface area contributed by atoms with Gasteiger partial charge in [0.05, 0.1) is 14.2 Å². The van der Waals surface area contributed by atoms with Gasteiger partial charge in [0.15, 0.2) is 15.2 Å². The summed E-state index contributed by atoms with van der Waals surface area (Å²) in [6.07, 6.45) is 0. The fraction of sp³-hybridized carbons (Fsp3) is 0.444. The molecule has 0 saturated carbocycles. The molecule has 1 unspecified atom stereocenters. The Morgan fingerprint density at radius 1 is 1.41 bits per heavy atom.